The molecule has 1 aliphatic heterocycles. The van der Waals surface area contributed by atoms with E-state index in [-0.39, 0.29) is 0 Å². The Labute approximate surface area is 119 Å². The SMILES string of the molecule is C#[N+]ONc1ncc(Br)cc1N1CCN(C#N)CC1. The van der Waals surface area contributed by atoms with Gasteiger partial charge in [0.15, 0.2) is 12.0 Å². The number of pyridine rings is 1. The molecule has 0 bridgehead atoms. The summed E-state index contributed by atoms with van der Waals surface area (Å²) in [4.78, 5) is 12.7. The Bertz CT molecular complexity index is 529. The molecule has 8 heteroatoms. The Morgan fingerprint density at radius 1 is 1.47 bits per heavy atom. The van der Waals surface area contributed by atoms with Gasteiger partial charge in [-0.15, -0.1) is 5.48 Å². The van der Waals surface area contributed by atoms with Crippen molar-refractivity contribution >= 4 is 27.4 Å². The molecule has 98 valence electrons. The molecule has 0 radical (unpaired) electrons. The van der Waals surface area contributed by atoms with Crippen molar-refractivity contribution in [3.8, 4) is 12.8 Å². The Hall–Kier alpha value is -2.19. The molecule has 7 nitrogen and oxygen atoms in total. The summed E-state index contributed by atoms with van der Waals surface area (Å²) in [5, 5.41) is 11.9. The van der Waals surface area contributed by atoms with Crippen molar-refractivity contribution in [3.05, 3.63) is 21.7 Å². The number of nitrogens with one attached hydrogen (secondary N) is 1. The van der Waals surface area contributed by atoms with E-state index in [1.807, 2.05) is 6.07 Å². The average molecular weight is 324 g/mol. The van der Waals surface area contributed by atoms with Crippen LogP contribution in [-0.4, -0.2) is 36.1 Å². The van der Waals surface area contributed by atoms with Crippen LogP contribution in [-0.2, 0) is 4.94 Å². The standard InChI is InChI=1S/C11H12BrN6O/c1-14-19-16-11-10(6-9(12)7-15-11)18-4-2-17(8-13)3-5-18/h1,6-7H,2-5H2,(H,15,16)/q+1. The molecule has 2 heterocycles. The van der Waals surface area contributed by atoms with Gasteiger partial charge in [0.2, 0.25) is 5.01 Å². The van der Waals surface area contributed by atoms with E-state index >= 15 is 0 Å². The molecule has 2 rings (SSSR count). The summed E-state index contributed by atoms with van der Waals surface area (Å²) in [5.74, 6) is 0.530. The van der Waals surface area contributed by atoms with Crippen molar-refractivity contribution in [2.75, 3.05) is 36.6 Å². The highest BCUT2D eigenvalue weighted by molar-refractivity contribution is 9.10. The molecule has 0 unspecified atom stereocenters. The molecular weight excluding hydrogens is 312 g/mol. The molecule has 1 fully saturated rings. The molecule has 0 atom stereocenters. The van der Waals surface area contributed by atoms with Gasteiger partial charge in [-0.3, -0.25) is 0 Å². The van der Waals surface area contributed by atoms with Crippen molar-refractivity contribution in [1.82, 2.24) is 9.88 Å². The summed E-state index contributed by atoms with van der Waals surface area (Å²) in [5.41, 5.74) is 3.44. The van der Waals surface area contributed by atoms with E-state index in [2.05, 4.69) is 47.4 Å². The lowest BCUT2D eigenvalue weighted by Crippen LogP contribution is -2.44. The van der Waals surface area contributed by atoms with E-state index in [1.54, 1.807) is 11.1 Å². The van der Waals surface area contributed by atoms with E-state index in [0.717, 1.165) is 23.2 Å². The predicted octanol–water partition coefficient (Wildman–Crippen LogP) is 1.67. The van der Waals surface area contributed by atoms with Gasteiger partial charge in [-0.1, -0.05) is 0 Å². The summed E-state index contributed by atoms with van der Waals surface area (Å²) >= 11 is 3.39. The van der Waals surface area contributed by atoms with Crippen molar-refractivity contribution in [2.45, 2.75) is 0 Å². The maximum atomic E-state index is 8.84. The zero-order valence-corrected chi connectivity index (χ0v) is 11.7. The van der Waals surface area contributed by atoms with Crippen LogP contribution in [0.1, 0.15) is 0 Å². The first-order valence-electron chi connectivity index (χ1n) is 5.62. The first-order valence-corrected chi connectivity index (χ1v) is 6.41. The van der Waals surface area contributed by atoms with Gasteiger partial charge in [-0.05, 0) is 26.9 Å². The van der Waals surface area contributed by atoms with Gasteiger partial charge in [0, 0.05) is 36.8 Å². The van der Waals surface area contributed by atoms with Gasteiger partial charge in [-0.25, -0.2) is 4.98 Å². The minimum Gasteiger partial charge on any atom is -0.365 e. The van der Waals surface area contributed by atoms with Crippen molar-refractivity contribution in [2.24, 2.45) is 0 Å². The highest BCUT2D eigenvalue weighted by Crippen LogP contribution is 2.28. The van der Waals surface area contributed by atoms with E-state index in [1.165, 1.54) is 0 Å². The van der Waals surface area contributed by atoms with Crippen molar-refractivity contribution in [3.63, 3.8) is 0 Å². The number of aromatic nitrogens is 1. The normalized spacial score (nSPS) is 14.5. The van der Waals surface area contributed by atoms with Crippen LogP contribution in [0.4, 0.5) is 11.5 Å². The minimum atomic E-state index is 0.530. The van der Waals surface area contributed by atoms with E-state index < -0.39 is 0 Å². The van der Waals surface area contributed by atoms with Gasteiger partial charge < -0.3 is 9.80 Å². The molecule has 1 N–H and O–H groups in total. The maximum absolute atomic E-state index is 8.84. The maximum Gasteiger partial charge on any atom is 0.338 e. The van der Waals surface area contributed by atoms with Crippen LogP contribution in [0.15, 0.2) is 16.7 Å². The number of halogens is 1. The van der Waals surface area contributed by atoms with Crippen LogP contribution >= 0.6 is 15.9 Å². The van der Waals surface area contributed by atoms with Gasteiger partial charge in [0.25, 0.3) is 0 Å². The van der Waals surface area contributed by atoms with Gasteiger partial charge in [0.05, 0.1) is 5.69 Å². The third-order valence-electron chi connectivity index (χ3n) is 2.79. The summed E-state index contributed by atoms with van der Waals surface area (Å²) < 4.78 is 0.862. The molecule has 1 saturated heterocycles. The van der Waals surface area contributed by atoms with Crippen molar-refractivity contribution in [1.29, 1.82) is 5.26 Å². The Kier molecular flexibility index (Phi) is 4.26. The molecule has 1 aromatic heterocycles. The zero-order valence-electron chi connectivity index (χ0n) is 10.1. The quantitative estimate of drug-likeness (QED) is 0.674. The number of hydrogen-bond acceptors (Lipinski definition) is 6. The van der Waals surface area contributed by atoms with Crippen LogP contribution in [0.5, 0.6) is 0 Å². The molecular formula is C11H12BrN6O+. The third-order valence-corrected chi connectivity index (χ3v) is 3.22. The summed E-state index contributed by atoms with van der Waals surface area (Å²) in [6.45, 7) is 7.76. The first kappa shape index (κ1) is 13.2. The highest BCUT2D eigenvalue weighted by Gasteiger charge is 2.20. The monoisotopic (exact) mass is 323 g/mol. The number of hydrogen-bond donors (Lipinski definition) is 1. The predicted molar refractivity (Wildman–Crippen MR) is 74.3 cm³/mol. The molecule has 0 aromatic carbocycles. The molecule has 0 aliphatic carbocycles. The summed E-state index contributed by atoms with van der Waals surface area (Å²) in [7, 11) is 0. The van der Waals surface area contributed by atoms with E-state index in [4.69, 9.17) is 11.8 Å². The topological polar surface area (TPSA) is 68.8 Å². The lowest BCUT2D eigenvalue weighted by atomic mass is 10.2. The second-order valence-electron chi connectivity index (χ2n) is 3.89. The molecule has 1 aliphatic rings. The smallest absolute Gasteiger partial charge is 0.338 e. The Balaban J connectivity index is 2.17. The first-order chi connectivity index (χ1) is 9.24. The van der Waals surface area contributed by atoms with Crippen LogP contribution < -0.4 is 10.4 Å². The fourth-order valence-electron chi connectivity index (χ4n) is 1.87. The summed E-state index contributed by atoms with van der Waals surface area (Å²) in [6.07, 6.45) is 3.80. The molecule has 0 spiro atoms. The minimum absolute atomic E-state index is 0.530. The van der Waals surface area contributed by atoms with Crippen LogP contribution in [0, 0.1) is 18.0 Å². The lowest BCUT2D eigenvalue weighted by Gasteiger charge is -2.33. The van der Waals surface area contributed by atoms with Gasteiger partial charge in [0.1, 0.15) is 0 Å². The fraction of sp³-hybridized carbons (Fsp3) is 0.364. The average Bonchev–Trinajstić information content (AvgIpc) is 2.46. The van der Waals surface area contributed by atoms with Crippen LogP contribution in [0.25, 0.3) is 5.01 Å². The van der Waals surface area contributed by atoms with Gasteiger partial charge >= 0.3 is 6.57 Å². The van der Waals surface area contributed by atoms with Crippen LogP contribution in [0.3, 0.4) is 0 Å². The highest BCUT2D eigenvalue weighted by atomic mass is 79.9. The largest absolute Gasteiger partial charge is 0.365 e. The molecule has 19 heavy (non-hydrogen) atoms. The number of anilines is 2. The third kappa shape index (κ3) is 3.18. The molecule has 0 saturated carbocycles. The number of rotatable bonds is 3. The zero-order chi connectivity index (χ0) is 13.7. The lowest BCUT2D eigenvalue weighted by molar-refractivity contribution is 0.320. The van der Waals surface area contributed by atoms with Crippen molar-refractivity contribution < 1.29 is 4.94 Å². The van der Waals surface area contributed by atoms with E-state index in [0.29, 0.717) is 18.9 Å². The summed E-state index contributed by atoms with van der Waals surface area (Å²) in [6, 6.07) is 1.93. The number of piperazine rings is 1. The second-order valence-corrected chi connectivity index (χ2v) is 4.81. The number of nitriles is 1. The fourth-order valence-corrected chi connectivity index (χ4v) is 2.18. The number of nitrogens with zero attached hydrogens (tertiary/aromatic N) is 5. The van der Waals surface area contributed by atoms with E-state index in [9.17, 15) is 0 Å². The molecule has 1 aromatic rings. The van der Waals surface area contributed by atoms with Gasteiger partial charge in [-0.2, -0.15) is 5.26 Å². The molecule has 0 amide bonds. The second kappa shape index (κ2) is 6.12. The van der Waals surface area contributed by atoms with Crippen LogP contribution in [0.2, 0.25) is 0 Å². The Morgan fingerprint density at radius 2 is 2.21 bits per heavy atom. The Morgan fingerprint density at radius 3 is 2.84 bits per heavy atom.